The molecule has 0 fully saturated rings. The van der Waals surface area contributed by atoms with Crippen LogP contribution in [-0.4, -0.2) is 26.9 Å². The van der Waals surface area contributed by atoms with Crippen molar-refractivity contribution in [1.29, 1.82) is 5.41 Å². The SMILES string of the molecule is COc1cccc(Nc2n[nH]c3ncn(-c4cccc(Cl)c4)c(=N)c23)c1. The Morgan fingerprint density at radius 2 is 2.04 bits per heavy atom. The molecule has 0 aliphatic rings. The Morgan fingerprint density at radius 1 is 1.19 bits per heavy atom. The number of aromatic nitrogens is 4. The fraction of sp³-hybridized carbons (Fsp3) is 0.0556. The number of benzene rings is 2. The lowest BCUT2D eigenvalue weighted by Crippen LogP contribution is -2.19. The number of nitrogens with zero attached hydrogens (tertiary/aromatic N) is 3. The zero-order valence-electron chi connectivity index (χ0n) is 13.8. The van der Waals surface area contributed by atoms with Crippen LogP contribution in [0.3, 0.4) is 0 Å². The first kappa shape index (κ1) is 16.2. The molecule has 0 atom stereocenters. The minimum atomic E-state index is 0.247. The molecule has 2 aromatic heterocycles. The normalized spacial score (nSPS) is 10.8. The number of anilines is 2. The monoisotopic (exact) mass is 366 g/mol. The van der Waals surface area contributed by atoms with Crippen molar-refractivity contribution in [2.45, 2.75) is 0 Å². The van der Waals surface area contributed by atoms with E-state index in [1.807, 2.05) is 36.4 Å². The van der Waals surface area contributed by atoms with Crippen molar-refractivity contribution in [3.63, 3.8) is 0 Å². The number of hydrogen-bond donors (Lipinski definition) is 3. The fourth-order valence-corrected chi connectivity index (χ4v) is 2.88. The van der Waals surface area contributed by atoms with Crippen LogP contribution in [0, 0.1) is 5.41 Å². The summed E-state index contributed by atoms with van der Waals surface area (Å²) in [6.45, 7) is 0. The molecule has 130 valence electrons. The third-order valence-electron chi connectivity index (χ3n) is 3.95. The quantitative estimate of drug-likeness (QED) is 0.514. The van der Waals surface area contributed by atoms with Crippen LogP contribution in [-0.2, 0) is 0 Å². The van der Waals surface area contributed by atoms with Crippen molar-refractivity contribution < 1.29 is 4.74 Å². The highest BCUT2D eigenvalue weighted by Gasteiger charge is 2.12. The van der Waals surface area contributed by atoms with Gasteiger partial charge in [0, 0.05) is 22.5 Å². The molecule has 0 saturated carbocycles. The number of H-pyrrole nitrogens is 1. The molecule has 4 rings (SSSR count). The molecule has 2 aromatic carbocycles. The number of methoxy groups -OCH3 is 1. The second kappa shape index (κ2) is 6.53. The molecule has 0 bridgehead atoms. The molecule has 0 saturated heterocycles. The van der Waals surface area contributed by atoms with Crippen LogP contribution in [0.4, 0.5) is 11.5 Å². The molecule has 0 spiro atoms. The van der Waals surface area contributed by atoms with Gasteiger partial charge < -0.3 is 10.1 Å². The summed E-state index contributed by atoms with van der Waals surface area (Å²) in [4.78, 5) is 4.36. The van der Waals surface area contributed by atoms with Gasteiger partial charge >= 0.3 is 0 Å². The average molecular weight is 367 g/mol. The van der Waals surface area contributed by atoms with Crippen LogP contribution >= 0.6 is 11.6 Å². The van der Waals surface area contributed by atoms with Crippen LogP contribution in [0.2, 0.25) is 5.02 Å². The van der Waals surface area contributed by atoms with Crippen LogP contribution in [0.15, 0.2) is 54.9 Å². The van der Waals surface area contributed by atoms with E-state index in [-0.39, 0.29) is 5.49 Å². The lowest BCUT2D eigenvalue weighted by molar-refractivity contribution is 0.415. The molecule has 4 aromatic rings. The Kier molecular flexibility index (Phi) is 4.06. The van der Waals surface area contributed by atoms with Gasteiger partial charge in [0.1, 0.15) is 23.0 Å². The van der Waals surface area contributed by atoms with Crippen molar-refractivity contribution in [2.24, 2.45) is 0 Å². The van der Waals surface area contributed by atoms with Crippen LogP contribution < -0.4 is 15.5 Å². The Balaban J connectivity index is 1.82. The summed E-state index contributed by atoms with van der Waals surface area (Å²) >= 11 is 6.07. The minimum Gasteiger partial charge on any atom is -0.497 e. The smallest absolute Gasteiger partial charge is 0.165 e. The van der Waals surface area contributed by atoms with Gasteiger partial charge in [-0.15, -0.1) is 0 Å². The maximum Gasteiger partial charge on any atom is 0.165 e. The van der Waals surface area contributed by atoms with Crippen molar-refractivity contribution in [3.8, 4) is 11.4 Å². The van der Waals surface area contributed by atoms with Crippen molar-refractivity contribution in [3.05, 3.63) is 65.4 Å². The van der Waals surface area contributed by atoms with Gasteiger partial charge in [-0.2, -0.15) is 5.10 Å². The van der Waals surface area contributed by atoms with E-state index in [4.69, 9.17) is 21.7 Å². The molecule has 8 heteroatoms. The standard InChI is InChI=1S/C18H15ClN6O/c1-26-14-7-3-5-12(9-14)22-18-15-16(20)25(10-21-17(15)23-24-18)13-6-2-4-11(19)8-13/h2-10,20H,1H3,(H2,22,23,24). The second-order valence-electron chi connectivity index (χ2n) is 5.60. The van der Waals surface area contributed by atoms with Gasteiger partial charge in [-0.05, 0) is 30.3 Å². The summed E-state index contributed by atoms with van der Waals surface area (Å²) in [5.74, 6) is 1.25. The molecular weight excluding hydrogens is 352 g/mol. The highest BCUT2D eigenvalue weighted by molar-refractivity contribution is 6.30. The Hall–Kier alpha value is -3.32. The van der Waals surface area contributed by atoms with E-state index in [0.29, 0.717) is 21.9 Å². The third kappa shape index (κ3) is 2.89. The van der Waals surface area contributed by atoms with E-state index in [0.717, 1.165) is 17.1 Å². The molecule has 26 heavy (non-hydrogen) atoms. The fourth-order valence-electron chi connectivity index (χ4n) is 2.69. The summed E-state index contributed by atoms with van der Waals surface area (Å²) in [6.07, 6.45) is 1.57. The van der Waals surface area contributed by atoms with Crippen LogP contribution in [0.1, 0.15) is 0 Å². The topological polar surface area (TPSA) is 91.6 Å². The first-order valence-electron chi connectivity index (χ1n) is 7.83. The number of ether oxygens (including phenoxy) is 1. The summed E-state index contributed by atoms with van der Waals surface area (Å²) in [5.41, 5.74) is 2.33. The number of hydrogen-bond acceptors (Lipinski definition) is 5. The molecule has 0 aliphatic heterocycles. The first-order valence-corrected chi connectivity index (χ1v) is 8.21. The number of halogens is 1. The van der Waals surface area contributed by atoms with E-state index < -0.39 is 0 Å². The summed E-state index contributed by atoms with van der Waals surface area (Å²) in [6, 6.07) is 14.8. The minimum absolute atomic E-state index is 0.247. The molecule has 0 aliphatic carbocycles. The van der Waals surface area contributed by atoms with Gasteiger partial charge in [0.15, 0.2) is 11.5 Å². The van der Waals surface area contributed by atoms with Gasteiger partial charge in [0.2, 0.25) is 0 Å². The number of aromatic amines is 1. The summed E-state index contributed by atoms with van der Waals surface area (Å²) < 4.78 is 6.89. The van der Waals surface area contributed by atoms with E-state index in [1.54, 1.807) is 30.1 Å². The zero-order valence-corrected chi connectivity index (χ0v) is 14.6. The zero-order chi connectivity index (χ0) is 18.1. The van der Waals surface area contributed by atoms with E-state index >= 15 is 0 Å². The maximum atomic E-state index is 8.60. The molecule has 2 heterocycles. The van der Waals surface area contributed by atoms with Crippen molar-refractivity contribution in [2.75, 3.05) is 12.4 Å². The molecule has 0 amide bonds. The summed E-state index contributed by atoms with van der Waals surface area (Å²) in [5, 5.41) is 20.1. The van der Waals surface area contributed by atoms with Crippen LogP contribution in [0.5, 0.6) is 5.75 Å². The summed E-state index contributed by atoms with van der Waals surface area (Å²) in [7, 11) is 1.61. The first-order chi connectivity index (χ1) is 12.7. The van der Waals surface area contributed by atoms with Crippen molar-refractivity contribution >= 4 is 34.1 Å². The number of fused-ring (bicyclic) bond motifs is 1. The van der Waals surface area contributed by atoms with Crippen molar-refractivity contribution in [1.82, 2.24) is 19.7 Å². The largest absolute Gasteiger partial charge is 0.497 e. The third-order valence-corrected chi connectivity index (χ3v) is 4.18. The van der Waals surface area contributed by atoms with E-state index in [1.165, 1.54) is 0 Å². The predicted octanol–water partition coefficient (Wildman–Crippen LogP) is 3.63. The molecule has 0 unspecified atom stereocenters. The second-order valence-corrected chi connectivity index (χ2v) is 6.03. The van der Waals surface area contributed by atoms with Gasteiger partial charge in [-0.25, -0.2) is 4.98 Å². The molecule has 7 nitrogen and oxygen atoms in total. The molecule has 0 radical (unpaired) electrons. The van der Waals surface area contributed by atoms with E-state index in [2.05, 4.69) is 20.5 Å². The highest BCUT2D eigenvalue weighted by atomic mass is 35.5. The predicted molar refractivity (Wildman–Crippen MR) is 100 cm³/mol. The maximum absolute atomic E-state index is 8.60. The lowest BCUT2D eigenvalue weighted by Gasteiger charge is -2.09. The van der Waals surface area contributed by atoms with Gasteiger partial charge in [-0.3, -0.25) is 15.1 Å². The van der Waals surface area contributed by atoms with E-state index in [9.17, 15) is 0 Å². The Morgan fingerprint density at radius 3 is 2.85 bits per heavy atom. The average Bonchev–Trinajstić information content (AvgIpc) is 3.06. The Bertz CT molecular complexity index is 1150. The molecular formula is C18H15ClN6O. The number of rotatable bonds is 4. The van der Waals surface area contributed by atoms with Gasteiger partial charge in [0.05, 0.1) is 7.11 Å². The number of nitrogens with one attached hydrogen (secondary N) is 3. The highest BCUT2D eigenvalue weighted by Crippen LogP contribution is 2.23. The lowest BCUT2D eigenvalue weighted by atomic mass is 10.3. The van der Waals surface area contributed by atoms with Crippen LogP contribution in [0.25, 0.3) is 16.7 Å². The van der Waals surface area contributed by atoms with Gasteiger partial charge in [0.25, 0.3) is 0 Å². The van der Waals surface area contributed by atoms with Gasteiger partial charge in [-0.1, -0.05) is 23.7 Å². The molecule has 3 N–H and O–H groups in total. The Labute approximate surface area is 153 Å².